The van der Waals surface area contributed by atoms with Crippen molar-refractivity contribution in [3.63, 3.8) is 0 Å². The first-order valence-corrected chi connectivity index (χ1v) is 6.94. The van der Waals surface area contributed by atoms with Crippen molar-refractivity contribution < 1.29 is 4.42 Å². The Bertz CT molecular complexity index is 536. The maximum absolute atomic E-state index is 6.19. The molecule has 2 rings (SSSR count). The Morgan fingerprint density at radius 2 is 2.12 bits per heavy atom. The molecule has 0 aliphatic rings. The fraction of sp³-hybridized carbons (Fsp3) is 0.385. The molecule has 2 aromatic rings. The monoisotopic (exact) mass is 315 g/mol. The van der Waals surface area contributed by atoms with Crippen molar-refractivity contribution in [3.05, 3.63) is 33.0 Å². The summed E-state index contributed by atoms with van der Waals surface area (Å²) in [7, 11) is 0. The lowest BCUT2D eigenvalue weighted by Gasteiger charge is -2.00. The minimum atomic E-state index is 0.659. The Balaban J connectivity index is 2.58. The summed E-state index contributed by atoms with van der Waals surface area (Å²) in [4.78, 5) is 0. The molecule has 0 bridgehead atoms. The van der Waals surface area contributed by atoms with Gasteiger partial charge in [-0.3, -0.25) is 0 Å². The first-order valence-electron chi connectivity index (χ1n) is 5.77. The highest BCUT2D eigenvalue weighted by Crippen LogP contribution is 2.34. The smallest absolute Gasteiger partial charge is 0.153 e. The molecule has 0 unspecified atom stereocenters. The van der Waals surface area contributed by atoms with Gasteiger partial charge < -0.3 is 9.73 Å². The summed E-state index contributed by atoms with van der Waals surface area (Å²) in [6, 6.07) is 3.93. The maximum Gasteiger partial charge on any atom is 0.153 e. The van der Waals surface area contributed by atoms with Crippen LogP contribution in [0.1, 0.15) is 25.2 Å². The number of benzene rings is 1. The summed E-state index contributed by atoms with van der Waals surface area (Å²) in [5.74, 6) is 0.990. The number of nitrogens with one attached hydrogen (secondary N) is 1. The van der Waals surface area contributed by atoms with E-state index in [9.17, 15) is 0 Å². The second-order valence-corrected chi connectivity index (χ2v) is 5.22. The Hall–Kier alpha value is -0.510. The van der Waals surface area contributed by atoms with Gasteiger partial charge in [0.1, 0.15) is 5.76 Å². The predicted molar refractivity (Wildman–Crippen MR) is 75.7 cm³/mol. The second kappa shape index (κ2) is 5.42. The van der Waals surface area contributed by atoms with E-state index in [1.807, 2.05) is 6.07 Å². The fourth-order valence-corrected chi connectivity index (χ4v) is 2.84. The summed E-state index contributed by atoms with van der Waals surface area (Å²) in [5.41, 5.74) is 2.03. The normalized spacial score (nSPS) is 11.3. The van der Waals surface area contributed by atoms with Crippen LogP contribution in [-0.2, 0) is 13.0 Å². The Morgan fingerprint density at radius 1 is 1.35 bits per heavy atom. The number of hydrogen-bond donors (Lipinski definition) is 1. The molecule has 1 heterocycles. The van der Waals surface area contributed by atoms with Crippen molar-refractivity contribution in [1.29, 1.82) is 0 Å². The van der Waals surface area contributed by atoms with Crippen LogP contribution in [-0.4, -0.2) is 6.54 Å². The quantitative estimate of drug-likeness (QED) is 0.897. The zero-order chi connectivity index (χ0) is 12.4. The molecule has 0 aliphatic carbocycles. The van der Waals surface area contributed by atoms with Crippen LogP contribution in [0.4, 0.5) is 0 Å². The van der Waals surface area contributed by atoms with Crippen LogP contribution in [0, 0.1) is 0 Å². The van der Waals surface area contributed by atoms with Gasteiger partial charge >= 0.3 is 0 Å². The standard InChI is InChI=1S/C13H15BrClNO/c1-3-9-10-5-8(14)6-11(15)13(10)17-12(9)7-16-4-2/h5-6,16H,3-4,7H2,1-2H3. The average Bonchev–Trinajstić information content (AvgIpc) is 2.64. The summed E-state index contributed by atoms with van der Waals surface area (Å²) in [6.07, 6.45) is 0.945. The largest absolute Gasteiger partial charge is 0.458 e. The highest BCUT2D eigenvalue weighted by molar-refractivity contribution is 9.10. The first-order chi connectivity index (χ1) is 8.17. The third-order valence-corrected chi connectivity index (χ3v) is 3.52. The molecular formula is C13H15BrClNO. The molecular weight excluding hydrogens is 302 g/mol. The van der Waals surface area contributed by atoms with Gasteiger partial charge in [0.15, 0.2) is 5.58 Å². The lowest BCUT2D eigenvalue weighted by Crippen LogP contribution is -2.12. The zero-order valence-corrected chi connectivity index (χ0v) is 12.3. The van der Waals surface area contributed by atoms with Gasteiger partial charge in [-0.15, -0.1) is 0 Å². The number of rotatable bonds is 4. The zero-order valence-electron chi connectivity index (χ0n) is 9.94. The molecule has 0 amide bonds. The summed E-state index contributed by atoms with van der Waals surface area (Å²) >= 11 is 9.66. The van der Waals surface area contributed by atoms with E-state index in [1.54, 1.807) is 0 Å². The van der Waals surface area contributed by atoms with Crippen molar-refractivity contribution in [1.82, 2.24) is 5.32 Å². The van der Waals surface area contributed by atoms with E-state index in [1.165, 1.54) is 5.56 Å². The van der Waals surface area contributed by atoms with E-state index in [0.717, 1.165) is 40.7 Å². The Morgan fingerprint density at radius 3 is 2.76 bits per heavy atom. The van der Waals surface area contributed by atoms with Crippen LogP contribution in [0.5, 0.6) is 0 Å². The van der Waals surface area contributed by atoms with Gasteiger partial charge in [0.05, 0.1) is 11.6 Å². The van der Waals surface area contributed by atoms with Crippen LogP contribution in [0.2, 0.25) is 5.02 Å². The van der Waals surface area contributed by atoms with Gasteiger partial charge in [-0.25, -0.2) is 0 Å². The minimum absolute atomic E-state index is 0.659. The minimum Gasteiger partial charge on any atom is -0.458 e. The molecule has 0 radical (unpaired) electrons. The van der Waals surface area contributed by atoms with Gasteiger partial charge in [-0.1, -0.05) is 41.4 Å². The SMILES string of the molecule is CCNCc1oc2c(Cl)cc(Br)cc2c1CC. The first kappa shape index (κ1) is 12.9. The molecule has 92 valence electrons. The summed E-state index contributed by atoms with van der Waals surface area (Å²) < 4.78 is 6.85. The molecule has 2 nitrogen and oxygen atoms in total. The second-order valence-electron chi connectivity index (χ2n) is 3.90. The van der Waals surface area contributed by atoms with Crippen molar-refractivity contribution in [2.75, 3.05) is 6.54 Å². The number of hydrogen-bond acceptors (Lipinski definition) is 2. The van der Waals surface area contributed by atoms with E-state index < -0.39 is 0 Å². The summed E-state index contributed by atoms with van der Waals surface area (Å²) in [5, 5.41) is 5.06. The Labute approximate surface area is 114 Å². The number of halogens is 2. The maximum atomic E-state index is 6.19. The van der Waals surface area contributed by atoms with E-state index in [0.29, 0.717) is 5.02 Å². The van der Waals surface area contributed by atoms with Gasteiger partial charge in [-0.2, -0.15) is 0 Å². The highest BCUT2D eigenvalue weighted by atomic mass is 79.9. The predicted octanol–water partition coefficient (Wildman–Crippen LogP) is 4.52. The molecule has 1 aromatic carbocycles. The average molecular weight is 317 g/mol. The number of fused-ring (bicyclic) bond motifs is 1. The van der Waals surface area contributed by atoms with Gasteiger partial charge in [0.2, 0.25) is 0 Å². The van der Waals surface area contributed by atoms with Crippen LogP contribution >= 0.6 is 27.5 Å². The van der Waals surface area contributed by atoms with Gasteiger partial charge in [-0.05, 0) is 25.1 Å². The van der Waals surface area contributed by atoms with Crippen LogP contribution in [0.25, 0.3) is 11.0 Å². The summed E-state index contributed by atoms with van der Waals surface area (Å²) in [6.45, 7) is 5.90. The molecule has 17 heavy (non-hydrogen) atoms. The molecule has 1 aromatic heterocycles. The Kier molecular flexibility index (Phi) is 4.13. The molecule has 4 heteroatoms. The van der Waals surface area contributed by atoms with Crippen LogP contribution in [0.3, 0.4) is 0 Å². The van der Waals surface area contributed by atoms with E-state index in [-0.39, 0.29) is 0 Å². The number of furan rings is 1. The highest BCUT2D eigenvalue weighted by Gasteiger charge is 2.15. The lowest BCUT2D eigenvalue weighted by atomic mass is 10.1. The molecule has 0 atom stereocenters. The third kappa shape index (κ3) is 2.51. The third-order valence-electron chi connectivity index (χ3n) is 2.78. The van der Waals surface area contributed by atoms with Gasteiger partial charge in [0.25, 0.3) is 0 Å². The number of aryl methyl sites for hydroxylation is 1. The van der Waals surface area contributed by atoms with Crippen LogP contribution < -0.4 is 5.32 Å². The van der Waals surface area contributed by atoms with Crippen LogP contribution in [0.15, 0.2) is 21.0 Å². The molecule has 1 N–H and O–H groups in total. The molecule has 0 fully saturated rings. The van der Waals surface area contributed by atoms with E-state index in [2.05, 4.69) is 41.2 Å². The van der Waals surface area contributed by atoms with E-state index >= 15 is 0 Å². The molecule has 0 aliphatic heterocycles. The lowest BCUT2D eigenvalue weighted by molar-refractivity contribution is 0.514. The molecule has 0 spiro atoms. The molecule has 0 saturated carbocycles. The van der Waals surface area contributed by atoms with Crippen molar-refractivity contribution in [2.24, 2.45) is 0 Å². The van der Waals surface area contributed by atoms with Crippen molar-refractivity contribution in [3.8, 4) is 0 Å². The molecule has 0 saturated heterocycles. The van der Waals surface area contributed by atoms with Gasteiger partial charge in [0, 0.05) is 15.4 Å². The topological polar surface area (TPSA) is 25.2 Å². The van der Waals surface area contributed by atoms with Crippen molar-refractivity contribution >= 4 is 38.5 Å². The van der Waals surface area contributed by atoms with E-state index in [4.69, 9.17) is 16.0 Å². The fourth-order valence-electron chi connectivity index (χ4n) is 1.99. The van der Waals surface area contributed by atoms with Crippen molar-refractivity contribution in [2.45, 2.75) is 26.8 Å².